The number of nitrogens with zero attached hydrogens (tertiary/aromatic N) is 2. The molecule has 0 spiro atoms. The molecule has 0 aliphatic heterocycles. The second-order valence-corrected chi connectivity index (χ2v) is 7.97. The first-order valence-electron chi connectivity index (χ1n) is 9.45. The number of alkyl halides is 2. The van der Waals surface area contributed by atoms with E-state index in [-0.39, 0.29) is 22.0 Å². The molecule has 12 heteroatoms. The summed E-state index contributed by atoms with van der Waals surface area (Å²) in [5, 5.41) is 6.68. The van der Waals surface area contributed by atoms with Gasteiger partial charge in [-0.15, -0.1) is 11.8 Å². The van der Waals surface area contributed by atoms with Gasteiger partial charge >= 0.3 is 12.6 Å². The number of aryl methyl sites for hydroxylation is 2. The van der Waals surface area contributed by atoms with Crippen molar-refractivity contribution in [2.45, 2.75) is 31.2 Å². The number of pyridine rings is 1. The molecular formula is C21H18ClF2N3O5S. The van der Waals surface area contributed by atoms with Crippen LogP contribution in [-0.2, 0) is 15.3 Å². The number of carbonyl (C=O) groups excluding carboxylic acids is 2. The zero-order valence-corrected chi connectivity index (χ0v) is 19.0. The number of esters is 1. The number of anilines is 1. The number of amides is 1. The first kappa shape index (κ1) is 24.5. The van der Waals surface area contributed by atoms with Crippen LogP contribution in [0.3, 0.4) is 0 Å². The molecule has 0 aliphatic carbocycles. The van der Waals surface area contributed by atoms with Crippen molar-refractivity contribution in [3.8, 4) is 5.75 Å². The summed E-state index contributed by atoms with van der Waals surface area (Å²) < 4.78 is 39.1. The van der Waals surface area contributed by atoms with Gasteiger partial charge in [0.25, 0.3) is 5.91 Å². The van der Waals surface area contributed by atoms with Crippen molar-refractivity contribution >= 4 is 40.9 Å². The molecule has 3 rings (SSSR count). The van der Waals surface area contributed by atoms with E-state index in [1.54, 1.807) is 25.3 Å². The maximum absolute atomic E-state index is 12.5. The number of aromatic nitrogens is 2. The highest BCUT2D eigenvalue weighted by Gasteiger charge is 2.18. The molecule has 0 saturated heterocycles. The van der Waals surface area contributed by atoms with Gasteiger partial charge in [0.05, 0.1) is 16.3 Å². The fourth-order valence-corrected chi connectivity index (χ4v) is 4.05. The predicted octanol–water partition coefficient (Wildman–Crippen LogP) is 5.03. The first-order chi connectivity index (χ1) is 15.7. The smallest absolute Gasteiger partial charge is 0.387 e. The molecule has 0 bridgehead atoms. The number of halogens is 3. The fourth-order valence-electron chi connectivity index (χ4n) is 2.69. The van der Waals surface area contributed by atoms with Crippen molar-refractivity contribution in [2.75, 3.05) is 11.9 Å². The number of benzene rings is 1. The Balaban J connectivity index is 1.57. The first-order valence-corrected chi connectivity index (χ1v) is 10.8. The van der Waals surface area contributed by atoms with Crippen molar-refractivity contribution < 1.29 is 32.4 Å². The molecule has 1 aromatic carbocycles. The van der Waals surface area contributed by atoms with Gasteiger partial charge in [-0.05, 0) is 44.2 Å². The standard InChI is InChI=1S/C21H18ClF2N3O5S/c1-11-15(12(2)32-27-11)10-33-19-14(4-3-7-25-19)20(29)30-9-18(28)26-13-5-6-17(16(22)8-13)31-21(23)24/h3-8,21H,9-10H2,1-2H3,(H,26,28). The molecule has 33 heavy (non-hydrogen) atoms. The highest BCUT2D eigenvalue weighted by atomic mass is 35.5. The third-order valence-electron chi connectivity index (χ3n) is 4.29. The third-order valence-corrected chi connectivity index (χ3v) is 5.62. The summed E-state index contributed by atoms with van der Waals surface area (Å²) in [7, 11) is 0. The minimum Gasteiger partial charge on any atom is -0.452 e. The number of hydrogen-bond acceptors (Lipinski definition) is 8. The molecule has 2 aromatic heterocycles. The van der Waals surface area contributed by atoms with Gasteiger partial charge in [-0.1, -0.05) is 16.8 Å². The van der Waals surface area contributed by atoms with E-state index in [1.807, 2.05) is 6.92 Å². The summed E-state index contributed by atoms with van der Waals surface area (Å²) in [6, 6.07) is 6.89. The van der Waals surface area contributed by atoms with Gasteiger partial charge in [0.1, 0.15) is 16.5 Å². The van der Waals surface area contributed by atoms with E-state index in [2.05, 4.69) is 20.2 Å². The van der Waals surface area contributed by atoms with Crippen LogP contribution in [0.4, 0.5) is 14.5 Å². The lowest BCUT2D eigenvalue weighted by molar-refractivity contribution is -0.119. The van der Waals surface area contributed by atoms with E-state index in [9.17, 15) is 18.4 Å². The summed E-state index contributed by atoms with van der Waals surface area (Å²) in [5.74, 6) is -0.417. The molecule has 0 unspecified atom stereocenters. The number of rotatable bonds is 9. The number of hydrogen-bond donors (Lipinski definition) is 1. The molecule has 0 saturated carbocycles. The Labute approximate surface area is 196 Å². The van der Waals surface area contributed by atoms with Crippen LogP contribution in [0, 0.1) is 13.8 Å². The summed E-state index contributed by atoms with van der Waals surface area (Å²) in [4.78, 5) is 28.9. The van der Waals surface area contributed by atoms with E-state index in [1.165, 1.54) is 30.0 Å². The normalized spacial score (nSPS) is 10.8. The largest absolute Gasteiger partial charge is 0.452 e. The van der Waals surface area contributed by atoms with Crippen LogP contribution in [0.15, 0.2) is 46.1 Å². The van der Waals surface area contributed by atoms with Crippen molar-refractivity contribution in [2.24, 2.45) is 0 Å². The van der Waals surface area contributed by atoms with E-state index in [4.69, 9.17) is 20.9 Å². The predicted molar refractivity (Wildman–Crippen MR) is 117 cm³/mol. The minimum absolute atomic E-state index is 0.111. The molecule has 0 fully saturated rings. The topological polar surface area (TPSA) is 104 Å². The van der Waals surface area contributed by atoms with Gasteiger partial charge in [-0.3, -0.25) is 4.79 Å². The van der Waals surface area contributed by atoms with Crippen molar-refractivity contribution in [1.82, 2.24) is 10.1 Å². The van der Waals surface area contributed by atoms with E-state index < -0.39 is 25.1 Å². The average Bonchev–Trinajstić information content (AvgIpc) is 3.09. The molecular weight excluding hydrogens is 480 g/mol. The second kappa shape index (κ2) is 11.1. The maximum Gasteiger partial charge on any atom is 0.387 e. The molecule has 3 aromatic rings. The number of ether oxygens (including phenoxy) is 2. The van der Waals surface area contributed by atoms with Crippen LogP contribution in [0.1, 0.15) is 27.4 Å². The lowest BCUT2D eigenvalue weighted by Gasteiger charge is -2.11. The van der Waals surface area contributed by atoms with Gasteiger partial charge < -0.3 is 19.3 Å². The lowest BCUT2D eigenvalue weighted by atomic mass is 10.2. The summed E-state index contributed by atoms with van der Waals surface area (Å²) in [6.45, 7) is 0.0244. The van der Waals surface area contributed by atoms with Crippen LogP contribution in [0.25, 0.3) is 0 Å². The van der Waals surface area contributed by atoms with Crippen LogP contribution in [-0.4, -0.2) is 35.2 Å². The summed E-state index contributed by atoms with van der Waals surface area (Å²) >= 11 is 7.17. The molecule has 1 N–H and O–H groups in total. The molecule has 8 nitrogen and oxygen atoms in total. The number of carbonyl (C=O) groups is 2. The molecule has 174 valence electrons. The van der Waals surface area contributed by atoms with Gasteiger partial charge in [-0.2, -0.15) is 8.78 Å². The molecule has 0 radical (unpaired) electrons. The van der Waals surface area contributed by atoms with Gasteiger partial charge in [0.2, 0.25) is 0 Å². The van der Waals surface area contributed by atoms with Crippen molar-refractivity contribution in [3.63, 3.8) is 0 Å². The Kier molecular flexibility index (Phi) is 8.23. The Morgan fingerprint density at radius 1 is 1.27 bits per heavy atom. The average molecular weight is 498 g/mol. The van der Waals surface area contributed by atoms with Gasteiger partial charge in [-0.25, -0.2) is 9.78 Å². The van der Waals surface area contributed by atoms with Crippen LogP contribution >= 0.6 is 23.4 Å². The quantitative estimate of drug-likeness (QED) is 0.324. The lowest BCUT2D eigenvalue weighted by Crippen LogP contribution is -2.21. The second-order valence-electron chi connectivity index (χ2n) is 6.60. The third kappa shape index (κ3) is 6.65. The van der Waals surface area contributed by atoms with Crippen molar-refractivity contribution in [1.29, 1.82) is 0 Å². The van der Waals surface area contributed by atoms with Crippen molar-refractivity contribution in [3.05, 3.63) is 64.1 Å². The number of nitrogens with one attached hydrogen (secondary N) is 1. The zero-order valence-electron chi connectivity index (χ0n) is 17.4. The molecule has 1 amide bonds. The van der Waals surface area contributed by atoms with Gasteiger partial charge in [0, 0.05) is 23.2 Å². The highest BCUT2D eigenvalue weighted by Crippen LogP contribution is 2.29. The monoisotopic (exact) mass is 497 g/mol. The van der Waals surface area contributed by atoms with E-state index in [0.29, 0.717) is 16.5 Å². The Hall–Kier alpha value is -3.18. The summed E-state index contributed by atoms with van der Waals surface area (Å²) in [5.41, 5.74) is 2.09. The van der Waals surface area contributed by atoms with Crippen LogP contribution in [0.2, 0.25) is 5.02 Å². The van der Waals surface area contributed by atoms with Gasteiger partial charge in [0.15, 0.2) is 6.61 Å². The van der Waals surface area contributed by atoms with E-state index >= 15 is 0 Å². The van der Waals surface area contributed by atoms with Crippen LogP contribution in [0.5, 0.6) is 5.75 Å². The Bertz CT molecular complexity index is 1140. The fraction of sp³-hybridized carbons (Fsp3) is 0.238. The number of thioether (sulfide) groups is 1. The Morgan fingerprint density at radius 3 is 2.73 bits per heavy atom. The van der Waals surface area contributed by atoms with E-state index in [0.717, 1.165) is 11.3 Å². The molecule has 0 aliphatic rings. The SMILES string of the molecule is Cc1noc(C)c1CSc1ncccc1C(=O)OCC(=O)Nc1ccc(OC(F)F)c(Cl)c1. The zero-order chi connectivity index (χ0) is 24.0. The minimum atomic E-state index is -3.03. The Morgan fingerprint density at radius 2 is 2.06 bits per heavy atom. The molecule has 2 heterocycles. The highest BCUT2D eigenvalue weighted by molar-refractivity contribution is 7.98. The summed E-state index contributed by atoms with van der Waals surface area (Å²) in [6.07, 6.45) is 1.55. The van der Waals surface area contributed by atoms with Crippen LogP contribution < -0.4 is 10.1 Å². The molecule has 0 atom stereocenters. The maximum atomic E-state index is 12.5.